The zero-order valence-corrected chi connectivity index (χ0v) is 12.1. The van der Waals surface area contributed by atoms with Crippen LogP contribution < -0.4 is 10.5 Å². The van der Waals surface area contributed by atoms with E-state index in [1.165, 1.54) is 19.2 Å². The van der Waals surface area contributed by atoms with E-state index >= 15 is 0 Å². The van der Waals surface area contributed by atoms with Crippen LogP contribution in [0.4, 0.5) is 10.1 Å². The highest BCUT2D eigenvalue weighted by Gasteiger charge is 2.13. The molecule has 3 aromatic rings. The standard InChI is InChI=1S/C16H14FN3O2/c1-9-3-4-11(8-13(9)18)16-19-15(20-22-16)10-5-6-14(21-2)12(17)7-10/h3-8H,18H2,1-2H3. The Hall–Kier alpha value is -2.89. The van der Waals surface area contributed by atoms with Crippen molar-refractivity contribution in [2.45, 2.75) is 6.92 Å². The number of hydrogen-bond acceptors (Lipinski definition) is 5. The van der Waals surface area contributed by atoms with Crippen molar-refractivity contribution in [2.75, 3.05) is 12.8 Å². The third kappa shape index (κ3) is 2.50. The van der Waals surface area contributed by atoms with Gasteiger partial charge in [-0.15, -0.1) is 0 Å². The fraction of sp³-hybridized carbons (Fsp3) is 0.125. The predicted molar refractivity (Wildman–Crippen MR) is 80.8 cm³/mol. The lowest BCUT2D eigenvalue weighted by Gasteiger charge is -2.02. The summed E-state index contributed by atoms with van der Waals surface area (Å²) in [5, 5.41) is 3.88. The van der Waals surface area contributed by atoms with Gasteiger partial charge in [-0.05, 0) is 42.8 Å². The molecule has 0 saturated heterocycles. The molecule has 2 N–H and O–H groups in total. The number of halogens is 1. The highest BCUT2D eigenvalue weighted by Crippen LogP contribution is 2.27. The molecule has 3 rings (SSSR count). The number of aryl methyl sites for hydroxylation is 1. The average Bonchev–Trinajstić information content (AvgIpc) is 3.00. The maximum atomic E-state index is 13.7. The molecule has 0 unspecified atom stereocenters. The highest BCUT2D eigenvalue weighted by atomic mass is 19.1. The number of benzene rings is 2. The molecule has 0 aliphatic carbocycles. The first-order valence-corrected chi connectivity index (χ1v) is 6.62. The van der Waals surface area contributed by atoms with Crippen molar-refractivity contribution >= 4 is 5.69 Å². The Morgan fingerprint density at radius 1 is 1.14 bits per heavy atom. The molecule has 0 saturated carbocycles. The number of nitrogen functional groups attached to an aromatic ring is 1. The number of aromatic nitrogens is 2. The monoisotopic (exact) mass is 299 g/mol. The molecule has 22 heavy (non-hydrogen) atoms. The van der Waals surface area contributed by atoms with Gasteiger partial charge in [-0.25, -0.2) is 4.39 Å². The van der Waals surface area contributed by atoms with E-state index in [0.717, 1.165) is 11.1 Å². The number of hydrogen-bond donors (Lipinski definition) is 1. The molecule has 112 valence electrons. The fourth-order valence-electron chi connectivity index (χ4n) is 2.04. The van der Waals surface area contributed by atoms with Gasteiger partial charge in [0.15, 0.2) is 11.6 Å². The van der Waals surface area contributed by atoms with Gasteiger partial charge in [-0.1, -0.05) is 11.2 Å². The van der Waals surface area contributed by atoms with Crippen molar-refractivity contribution in [1.29, 1.82) is 0 Å². The second-order valence-electron chi connectivity index (χ2n) is 4.84. The van der Waals surface area contributed by atoms with E-state index in [0.29, 0.717) is 23.0 Å². The van der Waals surface area contributed by atoms with Crippen LogP contribution in [0.1, 0.15) is 5.56 Å². The summed E-state index contributed by atoms with van der Waals surface area (Å²) in [6.45, 7) is 1.92. The molecule has 0 amide bonds. The van der Waals surface area contributed by atoms with E-state index in [9.17, 15) is 4.39 Å². The molecule has 1 heterocycles. The molecule has 0 atom stereocenters. The van der Waals surface area contributed by atoms with Gasteiger partial charge >= 0.3 is 0 Å². The van der Waals surface area contributed by atoms with Crippen molar-refractivity contribution in [3.63, 3.8) is 0 Å². The smallest absolute Gasteiger partial charge is 0.258 e. The highest BCUT2D eigenvalue weighted by molar-refractivity contribution is 5.65. The summed E-state index contributed by atoms with van der Waals surface area (Å²) in [7, 11) is 1.41. The largest absolute Gasteiger partial charge is 0.494 e. The number of methoxy groups -OCH3 is 1. The Bertz CT molecular complexity index is 830. The summed E-state index contributed by atoms with van der Waals surface area (Å²) in [4.78, 5) is 4.28. The van der Waals surface area contributed by atoms with Crippen molar-refractivity contribution in [3.05, 3.63) is 47.8 Å². The lowest BCUT2D eigenvalue weighted by atomic mass is 10.1. The molecule has 0 fully saturated rings. The zero-order chi connectivity index (χ0) is 15.7. The minimum Gasteiger partial charge on any atom is -0.494 e. The third-order valence-corrected chi connectivity index (χ3v) is 3.36. The summed E-state index contributed by atoms with van der Waals surface area (Å²) in [6.07, 6.45) is 0. The van der Waals surface area contributed by atoms with Gasteiger partial charge in [0.2, 0.25) is 5.82 Å². The number of nitrogens with zero attached hydrogens (tertiary/aromatic N) is 2. The number of rotatable bonds is 3. The first-order chi connectivity index (χ1) is 10.6. The molecule has 0 radical (unpaired) electrons. The molecule has 1 aromatic heterocycles. The molecular formula is C16H14FN3O2. The second-order valence-corrected chi connectivity index (χ2v) is 4.84. The summed E-state index contributed by atoms with van der Waals surface area (Å²) in [5.41, 5.74) is 8.72. The van der Waals surface area contributed by atoms with Crippen LogP contribution in [-0.4, -0.2) is 17.3 Å². The molecule has 0 aliphatic rings. The van der Waals surface area contributed by atoms with E-state index in [2.05, 4.69) is 10.1 Å². The van der Waals surface area contributed by atoms with E-state index in [1.54, 1.807) is 12.1 Å². The van der Waals surface area contributed by atoms with Gasteiger partial charge in [0.05, 0.1) is 7.11 Å². The second kappa shape index (κ2) is 5.48. The predicted octanol–water partition coefficient (Wildman–Crippen LogP) is 3.44. The Balaban J connectivity index is 1.96. The minimum absolute atomic E-state index is 0.166. The molecule has 0 bridgehead atoms. The van der Waals surface area contributed by atoms with Crippen molar-refractivity contribution in [3.8, 4) is 28.6 Å². The first-order valence-electron chi connectivity index (χ1n) is 6.62. The first kappa shape index (κ1) is 14.1. The van der Waals surface area contributed by atoms with Crippen LogP contribution in [0.2, 0.25) is 0 Å². The molecule has 0 aliphatic heterocycles. The SMILES string of the molecule is COc1ccc(-c2noc(-c3ccc(C)c(N)c3)n2)cc1F. The van der Waals surface area contributed by atoms with Gasteiger partial charge in [-0.2, -0.15) is 4.98 Å². The molecule has 0 spiro atoms. The summed E-state index contributed by atoms with van der Waals surface area (Å²) >= 11 is 0. The van der Waals surface area contributed by atoms with E-state index in [-0.39, 0.29) is 5.75 Å². The van der Waals surface area contributed by atoms with Gasteiger partial charge in [0.25, 0.3) is 5.89 Å². The normalized spacial score (nSPS) is 10.7. The van der Waals surface area contributed by atoms with Crippen molar-refractivity contribution < 1.29 is 13.7 Å². The number of anilines is 1. The molecule has 6 heteroatoms. The summed E-state index contributed by atoms with van der Waals surface area (Å²) in [5.74, 6) is 0.318. The fourth-order valence-corrected chi connectivity index (χ4v) is 2.04. The van der Waals surface area contributed by atoms with Gasteiger partial charge in [-0.3, -0.25) is 0 Å². The van der Waals surface area contributed by atoms with Crippen LogP contribution in [0.5, 0.6) is 5.75 Å². The zero-order valence-electron chi connectivity index (χ0n) is 12.1. The van der Waals surface area contributed by atoms with Crippen LogP contribution in [0.25, 0.3) is 22.8 Å². The number of nitrogens with two attached hydrogens (primary N) is 1. The minimum atomic E-state index is -0.481. The van der Waals surface area contributed by atoms with Crippen LogP contribution in [0.3, 0.4) is 0 Å². The lowest BCUT2D eigenvalue weighted by Crippen LogP contribution is -1.90. The van der Waals surface area contributed by atoms with Gasteiger partial charge in [0, 0.05) is 16.8 Å². The van der Waals surface area contributed by atoms with Crippen LogP contribution in [-0.2, 0) is 0 Å². The Kier molecular flexibility index (Phi) is 3.50. The quantitative estimate of drug-likeness (QED) is 0.750. The average molecular weight is 299 g/mol. The van der Waals surface area contributed by atoms with E-state index in [4.69, 9.17) is 15.0 Å². The van der Waals surface area contributed by atoms with Gasteiger partial charge < -0.3 is 15.0 Å². The van der Waals surface area contributed by atoms with Crippen LogP contribution >= 0.6 is 0 Å². The van der Waals surface area contributed by atoms with Crippen LogP contribution in [0, 0.1) is 12.7 Å². The Labute approximate surface area is 126 Å². The van der Waals surface area contributed by atoms with Crippen LogP contribution in [0.15, 0.2) is 40.9 Å². The molecule has 2 aromatic carbocycles. The number of ether oxygens (including phenoxy) is 1. The van der Waals surface area contributed by atoms with Gasteiger partial charge in [0.1, 0.15) is 0 Å². The molecule has 5 nitrogen and oxygen atoms in total. The summed E-state index contributed by atoms with van der Waals surface area (Å²) in [6, 6.07) is 9.97. The van der Waals surface area contributed by atoms with Crippen molar-refractivity contribution in [2.24, 2.45) is 0 Å². The van der Waals surface area contributed by atoms with E-state index < -0.39 is 5.82 Å². The Morgan fingerprint density at radius 2 is 1.91 bits per heavy atom. The maximum Gasteiger partial charge on any atom is 0.258 e. The maximum absolute atomic E-state index is 13.7. The van der Waals surface area contributed by atoms with E-state index in [1.807, 2.05) is 19.1 Å². The summed E-state index contributed by atoms with van der Waals surface area (Å²) < 4.78 is 23.8. The Morgan fingerprint density at radius 3 is 2.59 bits per heavy atom. The third-order valence-electron chi connectivity index (χ3n) is 3.36. The van der Waals surface area contributed by atoms with Crippen molar-refractivity contribution in [1.82, 2.24) is 10.1 Å². The topological polar surface area (TPSA) is 74.2 Å². The lowest BCUT2D eigenvalue weighted by molar-refractivity contribution is 0.386. The molecular weight excluding hydrogens is 285 g/mol.